The lowest BCUT2D eigenvalue weighted by atomic mass is 9.71. The minimum atomic E-state index is 0.465. The van der Waals surface area contributed by atoms with Gasteiger partial charge in [-0.3, -0.25) is 0 Å². The van der Waals surface area contributed by atoms with Crippen LogP contribution in [0.1, 0.15) is 46.5 Å². The number of hydrogen-bond donors (Lipinski definition) is 0. The molecule has 13 heavy (non-hydrogen) atoms. The maximum absolute atomic E-state index is 4.62. The zero-order valence-corrected chi connectivity index (χ0v) is 9.66. The minimum Gasteiger partial charge on any atom is -0.229 e. The van der Waals surface area contributed by atoms with Crippen LogP contribution in [-0.4, -0.2) is 11.2 Å². The molecule has 0 radical (unpaired) electrons. The van der Waals surface area contributed by atoms with E-state index in [-0.39, 0.29) is 0 Å². The van der Waals surface area contributed by atoms with E-state index in [2.05, 4.69) is 43.1 Å². The Labute approximate surface area is 86.6 Å². The average molecular weight is 197 g/mol. The van der Waals surface area contributed by atoms with Crippen molar-refractivity contribution in [1.29, 1.82) is 0 Å². The van der Waals surface area contributed by atoms with Crippen LogP contribution in [0.15, 0.2) is 4.99 Å². The van der Waals surface area contributed by atoms with Crippen LogP contribution in [0.3, 0.4) is 0 Å². The molecule has 0 heterocycles. The summed E-state index contributed by atoms with van der Waals surface area (Å²) in [6, 6.07) is 0.469. The van der Waals surface area contributed by atoms with Crippen molar-refractivity contribution in [2.75, 3.05) is 0 Å². The molecule has 1 fully saturated rings. The minimum absolute atomic E-state index is 0.465. The summed E-state index contributed by atoms with van der Waals surface area (Å²) in [6.07, 6.45) is 5.00. The van der Waals surface area contributed by atoms with Crippen LogP contribution in [0.5, 0.6) is 0 Å². The van der Waals surface area contributed by atoms with Crippen LogP contribution in [0, 0.1) is 11.3 Å². The van der Waals surface area contributed by atoms with Crippen LogP contribution in [-0.2, 0) is 0 Å². The number of rotatable bonds is 1. The topological polar surface area (TPSA) is 12.4 Å². The monoisotopic (exact) mass is 197 g/mol. The Morgan fingerprint density at radius 3 is 2.08 bits per heavy atom. The molecule has 0 bridgehead atoms. The predicted molar refractivity (Wildman–Crippen MR) is 60.2 cm³/mol. The summed E-state index contributed by atoms with van der Waals surface area (Å²) in [6.45, 7) is 7.00. The Kier molecular flexibility index (Phi) is 3.63. The van der Waals surface area contributed by atoms with Gasteiger partial charge >= 0.3 is 0 Å². The van der Waals surface area contributed by atoms with Gasteiger partial charge < -0.3 is 0 Å². The van der Waals surface area contributed by atoms with Crippen molar-refractivity contribution >= 4 is 17.4 Å². The third-order valence-electron chi connectivity index (χ3n) is 3.16. The van der Waals surface area contributed by atoms with E-state index < -0.39 is 0 Å². The van der Waals surface area contributed by atoms with Crippen molar-refractivity contribution in [2.45, 2.75) is 52.5 Å². The molecule has 0 saturated heterocycles. The van der Waals surface area contributed by atoms with Gasteiger partial charge in [-0.15, -0.1) is 0 Å². The molecule has 0 aromatic carbocycles. The van der Waals surface area contributed by atoms with Crippen LogP contribution >= 0.6 is 12.2 Å². The Bertz CT molecular complexity index is 203. The predicted octanol–water partition coefficient (Wildman–Crippen LogP) is 3.69. The van der Waals surface area contributed by atoms with Gasteiger partial charge in [0, 0.05) is 0 Å². The molecule has 0 spiro atoms. The fourth-order valence-corrected chi connectivity index (χ4v) is 2.29. The molecular weight excluding hydrogens is 178 g/mol. The highest BCUT2D eigenvalue weighted by atomic mass is 32.1. The molecule has 0 aliphatic heterocycles. The van der Waals surface area contributed by atoms with E-state index in [0.717, 1.165) is 5.92 Å². The summed E-state index contributed by atoms with van der Waals surface area (Å²) in [5, 5.41) is 2.50. The van der Waals surface area contributed by atoms with E-state index >= 15 is 0 Å². The van der Waals surface area contributed by atoms with Crippen molar-refractivity contribution in [3.8, 4) is 0 Å². The second kappa shape index (κ2) is 4.34. The molecular formula is C11H19NS. The molecule has 2 heteroatoms. The highest BCUT2D eigenvalue weighted by Gasteiger charge is 2.29. The van der Waals surface area contributed by atoms with Crippen LogP contribution in [0.2, 0.25) is 0 Å². The molecule has 0 amide bonds. The Balaban J connectivity index is 2.43. The third-order valence-corrected chi connectivity index (χ3v) is 3.26. The second-order valence-electron chi connectivity index (χ2n) is 5.09. The number of isothiocyanates is 1. The summed E-state index contributed by atoms with van der Waals surface area (Å²) in [5.41, 5.74) is 0.465. The van der Waals surface area contributed by atoms with E-state index in [1.54, 1.807) is 0 Å². The molecule has 0 N–H and O–H groups in total. The van der Waals surface area contributed by atoms with Gasteiger partial charge in [0.2, 0.25) is 0 Å². The van der Waals surface area contributed by atoms with Crippen molar-refractivity contribution in [3.63, 3.8) is 0 Å². The van der Waals surface area contributed by atoms with Gasteiger partial charge in [0.05, 0.1) is 11.2 Å². The largest absolute Gasteiger partial charge is 0.229 e. The number of nitrogens with zero attached hydrogens (tertiary/aromatic N) is 1. The fraction of sp³-hybridized carbons (Fsp3) is 0.909. The number of aliphatic imine (C=N–C) groups is 1. The quantitative estimate of drug-likeness (QED) is 0.461. The zero-order chi connectivity index (χ0) is 9.90. The summed E-state index contributed by atoms with van der Waals surface area (Å²) in [7, 11) is 0. The number of hydrogen-bond acceptors (Lipinski definition) is 2. The van der Waals surface area contributed by atoms with Crippen LogP contribution in [0.4, 0.5) is 0 Å². The fourth-order valence-electron chi connectivity index (χ4n) is 2.15. The summed E-state index contributed by atoms with van der Waals surface area (Å²) >= 11 is 4.62. The van der Waals surface area contributed by atoms with Gasteiger partial charge in [0.25, 0.3) is 0 Å². The second-order valence-corrected chi connectivity index (χ2v) is 5.27. The van der Waals surface area contributed by atoms with Gasteiger partial charge in [-0.1, -0.05) is 20.8 Å². The highest BCUT2D eigenvalue weighted by molar-refractivity contribution is 7.78. The molecule has 0 unspecified atom stereocenters. The van der Waals surface area contributed by atoms with Crippen molar-refractivity contribution in [2.24, 2.45) is 16.3 Å². The van der Waals surface area contributed by atoms with Gasteiger partial charge in [-0.05, 0) is 49.2 Å². The molecule has 74 valence electrons. The molecule has 0 aromatic rings. The number of thiocarbonyl (C=S) groups is 1. The lowest BCUT2D eigenvalue weighted by molar-refractivity contribution is 0.170. The van der Waals surface area contributed by atoms with Gasteiger partial charge in [0.1, 0.15) is 0 Å². The summed E-state index contributed by atoms with van der Waals surface area (Å²) in [5.74, 6) is 0.865. The highest BCUT2D eigenvalue weighted by Crippen LogP contribution is 2.38. The standard InChI is InChI=1S/C11H19NS/c1-11(2,3)9-4-6-10(7-5-9)12-8-13/h9-10H,4-7H2,1-3H3/t9-,10-. The average Bonchev–Trinajstić information content (AvgIpc) is 2.04. The Morgan fingerprint density at radius 2 is 1.69 bits per heavy atom. The van der Waals surface area contributed by atoms with E-state index in [1.165, 1.54) is 25.7 Å². The first kappa shape index (κ1) is 10.9. The van der Waals surface area contributed by atoms with E-state index in [0.29, 0.717) is 11.5 Å². The first-order valence-electron chi connectivity index (χ1n) is 5.11. The maximum Gasteiger partial charge on any atom is 0.0603 e. The molecule has 1 aliphatic carbocycles. The normalized spacial score (nSPS) is 29.5. The summed E-state index contributed by atoms with van der Waals surface area (Å²) < 4.78 is 0. The van der Waals surface area contributed by atoms with E-state index in [9.17, 15) is 0 Å². The zero-order valence-electron chi connectivity index (χ0n) is 8.84. The van der Waals surface area contributed by atoms with Crippen molar-refractivity contribution < 1.29 is 0 Å². The van der Waals surface area contributed by atoms with Crippen LogP contribution in [0.25, 0.3) is 0 Å². The van der Waals surface area contributed by atoms with E-state index in [1.807, 2.05) is 0 Å². The van der Waals surface area contributed by atoms with Crippen molar-refractivity contribution in [3.05, 3.63) is 0 Å². The smallest absolute Gasteiger partial charge is 0.0603 e. The SMILES string of the molecule is CC(C)(C)[C@H]1CC[C@H](N=C=S)CC1. The van der Waals surface area contributed by atoms with Gasteiger partial charge in [0.15, 0.2) is 0 Å². The van der Waals surface area contributed by atoms with E-state index in [4.69, 9.17) is 0 Å². The lowest BCUT2D eigenvalue weighted by Crippen LogP contribution is -2.27. The molecule has 0 aromatic heterocycles. The molecule has 1 rings (SSSR count). The lowest BCUT2D eigenvalue weighted by Gasteiger charge is -2.35. The van der Waals surface area contributed by atoms with Crippen LogP contribution < -0.4 is 0 Å². The third kappa shape index (κ3) is 3.21. The molecule has 1 saturated carbocycles. The first-order valence-corrected chi connectivity index (χ1v) is 5.52. The Hall–Kier alpha value is -0.200. The van der Waals surface area contributed by atoms with Crippen molar-refractivity contribution in [1.82, 2.24) is 0 Å². The molecule has 1 aliphatic rings. The summed E-state index contributed by atoms with van der Waals surface area (Å²) in [4.78, 5) is 4.16. The molecule has 1 nitrogen and oxygen atoms in total. The first-order chi connectivity index (χ1) is 6.04. The Morgan fingerprint density at radius 1 is 1.15 bits per heavy atom. The maximum atomic E-state index is 4.62. The van der Waals surface area contributed by atoms with Gasteiger partial charge in [-0.25, -0.2) is 4.99 Å². The molecule has 0 atom stereocenters. The van der Waals surface area contributed by atoms with Gasteiger partial charge in [-0.2, -0.15) is 0 Å².